The predicted molar refractivity (Wildman–Crippen MR) is 35.8 cm³/mol. The fourth-order valence-corrected chi connectivity index (χ4v) is 0.555. The summed E-state index contributed by atoms with van der Waals surface area (Å²) in [6.45, 7) is 3.97. The molecule has 0 N–H and O–H groups in total. The van der Waals surface area contributed by atoms with Gasteiger partial charge < -0.3 is 4.42 Å². The Hall–Kier alpha value is -1.05. The van der Waals surface area contributed by atoms with Crippen molar-refractivity contribution in [1.82, 2.24) is 4.98 Å². The van der Waals surface area contributed by atoms with Gasteiger partial charge >= 0.3 is 0 Å². The molecular formula is C7H9NO. The van der Waals surface area contributed by atoms with Gasteiger partial charge in [0.1, 0.15) is 12.0 Å². The summed E-state index contributed by atoms with van der Waals surface area (Å²) in [4.78, 5) is 3.95. The first-order valence-corrected chi connectivity index (χ1v) is 2.86. The Kier molecular flexibility index (Phi) is 1.68. The maximum absolute atomic E-state index is 4.79. The van der Waals surface area contributed by atoms with E-state index in [0.29, 0.717) is 0 Å². The second-order valence-corrected chi connectivity index (χ2v) is 1.85. The van der Waals surface area contributed by atoms with E-state index in [1.807, 2.05) is 19.9 Å². The van der Waals surface area contributed by atoms with Crippen molar-refractivity contribution >= 4 is 5.57 Å². The van der Waals surface area contributed by atoms with Gasteiger partial charge in [0, 0.05) is 0 Å². The molecule has 2 nitrogen and oxygen atoms in total. The molecule has 0 aromatic carbocycles. The Balaban J connectivity index is 2.90. The van der Waals surface area contributed by atoms with Crippen molar-refractivity contribution in [1.29, 1.82) is 0 Å². The lowest BCUT2D eigenvalue weighted by Crippen LogP contribution is -1.74. The fraction of sp³-hybridized carbons (Fsp3) is 0.286. The highest BCUT2D eigenvalue weighted by Crippen LogP contribution is 2.08. The van der Waals surface area contributed by atoms with Gasteiger partial charge in [-0.2, -0.15) is 0 Å². The van der Waals surface area contributed by atoms with Gasteiger partial charge in [0.25, 0.3) is 0 Å². The molecule has 0 radical (unpaired) electrons. The Morgan fingerprint density at radius 2 is 2.56 bits per heavy atom. The fourth-order valence-electron chi connectivity index (χ4n) is 0.555. The zero-order valence-corrected chi connectivity index (χ0v) is 5.59. The van der Waals surface area contributed by atoms with Crippen molar-refractivity contribution < 1.29 is 4.42 Å². The molecule has 0 spiro atoms. The zero-order valence-electron chi connectivity index (χ0n) is 5.59. The minimum atomic E-state index is 0.914. The minimum absolute atomic E-state index is 0.914. The third-order valence-electron chi connectivity index (χ3n) is 1.27. The predicted octanol–water partition coefficient (Wildman–Crippen LogP) is 2.10. The third-order valence-corrected chi connectivity index (χ3v) is 1.27. The van der Waals surface area contributed by atoms with Crippen LogP contribution in [-0.2, 0) is 0 Å². The number of aromatic nitrogens is 1. The Labute approximate surface area is 54.2 Å². The Bertz CT molecular complexity index is 199. The SMILES string of the molecule is CC=C(C)c1cocn1. The van der Waals surface area contributed by atoms with Crippen molar-refractivity contribution in [3.05, 3.63) is 24.4 Å². The van der Waals surface area contributed by atoms with E-state index in [9.17, 15) is 0 Å². The summed E-state index contributed by atoms with van der Waals surface area (Å²) in [6, 6.07) is 0. The molecule has 9 heavy (non-hydrogen) atoms. The minimum Gasteiger partial charge on any atom is -0.451 e. The van der Waals surface area contributed by atoms with Crippen LogP contribution in [0.2, 0.25) is 0 Å². The lowest BCUT2D eigenvalue weighted by Gasteiger charge is -1.87. The van der Waals surface area contributed by atoms with Crippen molar-refractivity contribution in [3.8, 4) is 0 Å². The molecular weight excluding hydrogens is 114 g/mol. The van der Waals surface area contributed by atoms with E-state index in [-0.39, 0.29) is 0 Å². The van der Waals surface area contributed by atoms with Crippen LogP contribution in [0.3, 0.4) is 0 Å². The van der Waals surface area contributed by atoms with Crippen LogP contribution in [-0.4, -0.2) is 4.98 Å². The topological polar surface area (TPSA) is 26.0 Å². The number of allylic oxidation sites excluding steroid dienone is 2. The van der Waals surface area contributed by atoms with Crippen LogP contribution < -0.4 is 0 Å². The second kappa shape index (κ2) is 2.49. The van der Waals surface area contributed by atoms with Gasteiger partial charge in [-0.05, 0) is 19.4 Å². The van der Waals surface area contributed by atoms with Crippen LogP contribution in [0.15, 0.2) is 23.1 Å². The first-order chi connectivity index (χ1) is 4.34. The second-order valence-electron chi connectivity index (χ2n) is 1.85. The summed E-state index contributed by atoms with van der Waals surface area (Å²) in [6.07, 6.45) is 5.06. The average molecular weight is 123 g/mol. The lowest BCUT2D eigenvalue weighted by molar-refractivity contribution is 0.557. The Morgan fingerprint density at radius 3 is 3.00 bits per heavy atom. The first-order valence-electron chi connectivity index (χ1n) is 2.86. The van der Waals surface area contributed by atoms with E-state index in [1.54, 1.807) is 6.26 Å². The standard InChI is InChI=1S/C7H9NO/c1-3-6(2)7-4-9-5-8-7/h3-5H,1-2H3. The molecule has 0 fully saturated rings. The van der Waals surface area contributed by atoms with E-state index >= 15 is 0 Å². The first kappa shape index (κ1) is 6.08. The van der Waals surface area contributed by atoms with Gasteiger partial charge in [-0.3, -0.25) is 0 Å². The summed E-state index contributed by atoms with van der Waals surface area (Å²) in [7, 11) is 0. The highest BCUT2D eigenvalue weighted by atomic mass is 16.3. The maximum Gasteiger partial charge on any atom is 0.181 e. The molecule has 2 heteroatoms. The molecule has 1 rings (SSSR count). The average Bonchev–Trinajstić information content (AvgIpc) is 2.37. The number of rotatable bonds is 1. The normalized spacial score (nSPS) is 12.0. The van der Waals surface area contributed by atoms with Gasteiger partial charge in [-0.25, -0.2) is 4.98 Å². The Morgan fingerprint density at radius 1 is 1.78 bits per heavy atom. The van der Waals surface area contributed by atoms with Crippen LogP contribution in [0.1, 0.15) is 19.5 Å². The number of nitrogens with zero attached hydrogens (tertiary/aromatic N) is 1. The van der Waals surface area contributed by atoms with Gasteiger partial charge in [0.2, 0.25) is 0 Å². The van der Waals surface area contributed by atoms with E-state index < -0.39 is 0 Å². The molecule has 0 atom stereocenters. The molecule has 0 bridgehead atoms. The smallest absolute Gasteiger partial charge is 0.181 e. The van der Waals surface area contributed by atoms with Gasteiger partial charge in [-0.1, -0.05) is 6.08 Å². The number of hydrogen-bond donors (Lipinski definition) is 0. The van der Waals surface area contributed by atoms with Crippen molar-refractivity contribution in [2.24, 2.45) is 0 Å². The van der Waals surface area contributed by atoms with Gasteiger partial charge in [0.15, 0.2) is 6.39 Å². The van der Waals surface area contributed by atoms with Crippen LogP contribution in [0.4, 0.5) is 0 Å². The largest absolute Gasteiger partial charge is 0.451 e. The maximum atomic E-state index is 4.79. The van der Waals surface area contributed by atoms with Crippen LogP contribution in [0, 0.1) is 0 Å². The number of oxazole rings is 1. The van der Waals surface area contributed by atoms with Crippen molar-refractivity contribution in [2.75, 3.05) is 0 Å². The molecule has 1 heterocycles. The summed E-state index contributed by atoms with van der Waals surface area (Å²) in [5.41, 5.74) is 2.06. The molecule has 0 amide bonds. The lowest BCUT2D eigenvalue weighted by atomic mass is 10.2. The summed E-state index contributed by atoms with van der Waals surface area (Å²) in [5, 5.41) is 0. The summed E-state index contributed by atoms with van der Waals surface area (Å²) < 4.78 is 4.79. The molecule has 0 unspecified atom stereocenters. The highest BCUT2D eigenvalue weighted by Gasteiger charge is 1.94. The van der Waals surface area contributed by atoms with E-state index in [1.165, 1.54) is 6.39 Å². The summed E-state index contributed by atoms with van der Waals surface area (Å²) in [5.74, 6) is 0. The van der Waals surface area contributed by atoms with E-state index in [2.05, 4.69) is 4.98 Å². The van der Waals surface area contributed by atoms with Gasteiger partial charge in [0.05, 0.1) is 0 Å². The molecule has 0 saturated heterocycles. The highest BCUT2D eigenvalue weighted by molar-refractivity contribution is 5.58. The molecule has 48 valence electrons. The molecule has 0 aliphatic rings. The zero-order chi connectivity index (χ0) is 6.69. The van der Waals surface area contributed by atoms with Crippen molar-refractivity contribution in [3.63, 3.8) is 0 Å². The van der Waals surface area contributed by atoms with Crippen LogP contribution in [0.5, 0.6) is 0 Å². The third kappa shape index (κ3) is 1.19. The van der Waals surface area contributed by atoms with Crippen LogP contribution in [0.25, 0.3) is 5.57 Å². The van der Waals surface area contributed by atoms with E-state index in [4.69, 9.17) is 4.42 Å². The summed E-state index contributed by atoms with van der Waals surface area (Å²) >= 11 is 0. The monoisotopic (exact) mass is 123 g/mol. The quantitative estimate of drug-likeness (QED) is 0.571. The van der Waals surface area contributed by atoms with E-state index in [0.717, 1.165) is 11.3 Å². The molecule has 1 aromatic heterocycles. The van der Waals surface area contributed by atoms with Gasteiger partial charge in [-0.15, -0.1) is 0 Å². The molecule has 0 saturated carbocycles. The molecule has 1 aromatic rings. The molecule has 0 aliphatic heterocycles. The van der Waals surface area contributed by atoms with Crippen LogP contribution >= 0.6 is 0 Å². The van der Waals surface area contributed by atoms with Crippen molar-refractivity contribution in [2.45, 2.75) is 13.8 Å². The number of hydrogen-bond acceptors (Lipinski definition) is 2. The molecule has 0 aliphatic carbocycles.